The van der Waals surface area contributed by atoms with Gasteiger partial charge in [0.15, 0.2) is 0 Å². The molecule has 1 aliphatic carbocycles. The molecule has 0 unspecified atom stereocenters. The first-order valence-corrected chi connectivity index (χ1v) is 5.82. The van der Waals surface area contributed by atoms with Gasteiger partial charge in [-0.1, -0.05) is 0 Å². The van der Waals surface area contributed by atoms with Gasteiger partial charge in [0.25, 0.3) is 0 Å². The lowest BCUT2D eigenvalue weighted by molar-refractivity contribution is -0.137. The van der Waals surface area contributed by atoms with Crippen LogP contribution in [0.15, 0.2) is 10.2 Å². The van der Waals surface area contributed by atoms with E-state index in [1.165, 1.54) is 6.42 Å². The Morgan fingerprint density at radius 3 is 2.73 bits per heavy atom. The molecule has 0 heterocycles. The maximum absolute atomic E-state index is 11.4. The highest BCUT2D eigenvalue weighted by Crippen LogP contribution is 2.21. The zero-order chi connectivity index (χ0) is 11.3. The van der Waals surface area contributed by atoms with E-state index in [1.807, 2.05) is 0 Å². The van der Waals surface area contributed by atoms with Crippen LogP contribution in [-0.2, 0) is 9.53 Å². The number of ether oxygens (including phenoxy) is 1. The smallest absolute Gasteiger partial charge is 0.342 e. The number of rotatable bonds is 5. The van der Waals surface area contributed by atoms with Gasteiger partial charge in [0.1, 0.15) is 5.57 Å². The van der Waals surface area contributed by atoms with E-state index in [0.717, 1.165) is 19.1 Å². The molecular formula is C10H15BrN2O2. The van der Waals surface area contributed by atoms with Crippen LogP contribution in [0.1, 0.15) is 26.2 Å². The van der Waals surface area contributed by atoms with Crippen molar-refractivity contribution in [3.8, 4) is 0 Å². The summed E-state index contributed by atoms with van der Waals surface area (Å²) in [7, 11) is 0. The molecule has 0 spiro atoms. The maximum Gasteiger partial charge on any atom is 0.342 e. The molecule has 2 N–H and O–H groups in total. The predicted octanol–water partition coefficient (Wildman–Crippen LogP) is 1.95. The maximum atomic E-state index is 11.4. The minimum Gasteiger partial charge on any atom is -0.462 e. The van der Waals surface area contributed by atoms with Crippen molar-refractivity contribution in [2.45, 2.75) is 32.2 Å². The van der Waals surface area contributed by atoms with Crippen LogP contribution in [0.3, 0.4) is 0 Å². The van der Waals surface area contributed by atoms with E-state index >= 15 is 0 Å². The van der Waals surface area contributed by atoms with Crippen molar-refractivity contribution in [1.29, 1.82) is 5.41 Å². The Bertz CT molecular complexity index is 285. The summed E-state index contributed by atoms with van der Waals surface area (Å²) < 4.78 is 5.39. The topological polar surface area (TPSA) is 62.2 Å². The summed E-state index contributed by atoms with van der Waals surface area (Å²) in [5.41, 5.74) is 0.240. The summed E-state index contributed by atoms with van der Waals surface area (Å²) >= 11 is 3.27. The van der Waals surface area contributed by atoms with E-state index < -0.39 is 5.97 Å². The van der Waals surface area contributed by atoms with Gasteiger partial charge in [-0.05, 0) is 42.1 Å². The van der Waals surface area contributed by atoms with Crippen LogP contribution in [0, 0.1) is 5.41 Å². The van der Waals surface area contributed by atoms with E-state index in [-0.39, 0.29) is 5.57 Å². The van der Waals surface area contributed by atoms with Gasteiger partial charge in [0.05, 0.1) is 11.2 Å². The van der Waals surface area contributed by atoms with Crippen LogP contribution in [0.2, 0.25) is 0 Å². The van der Waals surface area contributed by atoms with Gasteiger partial charge in [0, 0.05) is 12.3 Å². The molecule has 0 saturated heterocycles. The number of halogens is 1. The van der Waals surface area contributed by atoms with Crippen molar-refractivity contribution in [1.82, 2.24) is 5.32 Å². The fraction of sp³-hybridized carbons (Fsp3) is 0.600. The molecule has 15 heavy (non-hydrogen) atoms. The Hall–Kier alpha value is -0.840. The zero-order valence-corrected chi connectivity index (χ0v) is 10.3. The third-order valence-corrected chi connectivity index (χ3v) is 2.97. The highest BCUT2D eigenvalue weighted by molar-refractivity contribution is 9.11. The molecule has 0 bridgehead atoms. The number of hydrogen-bond donors (Lipinski definition) is 2. The standard InChI is InChI=1S/C10H15BrN2O2/c1-2-15-10(14)8(6-12)9(11)13-7-4-3-5-7/h6-7,12-13H,2-5H2,1H3/b9-8+,12-6?. The SMILES string of the molecule is CCOC(=O)/C(C=N)=C(\Br)NC1CCC1. The third kappa shape index (κ3) is 3.34. The van der Waals surface area contributed by atoms with Crippen molar-refractivity contribution in [3.63, 3.8) is 0 Å². The summed E-state index contributed by atoms with van der Waals surface area (Å²) in [4.78, 5) is 11.4. The molecule has 1 aliphatic rings. The van der Waals surface area contributed by atoms with Crippen LogP contribution in [0.25, 0.3) is 0 Å². The molecule has 0 atom stereocenters. The fourth-order valence-electron chi connectivity index (χ4n) is 1.23. The molecule has 84 valence electrons. The molecule has 0 aromatic heterocycles. The first-order chi connectivity index (χ1) is 7.19. The van der Waals surface area contributed by atoms with E-state index in [9.17, 15) is 4.79 Å². The Morgan fingerprint density at radius 1 is 1.67 bits per heavy atom. The van der Waals surface area contributed by atoms with Gasteiger partial charge < -0.3 is 15.5 Å². The lowest BCUT2D eigenvalue weighted by Gasteiger charge is -2.27. The monoisotopic (exact) mass is 274 g/mol. The van der Waals surface area contributed by atoms with Gasteiger partial charge in [-0.2, -0.15) is 0 Å². The molecule has 1 saturated carbocycles. The summed E-state index contributed by atoms with van der Waals surface area (Å²) in [6.07, 6.45) is 4.46. The predicted molar refractivity (Wildman–Crippen MR) is 62.1 cm³/mol. The number of nitrogens with one attached hydrogen (secondary N) is 2. The van der Waals surface area contributed by atoms with Crippen LogP contribution in [-0.4, -0.2) is 24.8 Å². The van der Waals surface area contributed by atoms with Crippen molar-refractivity contribution in [3.05, 3.63) is 10.2 Å². The van der Waals surface area contributed by atoms with Crippen LogP contribution >= 0.6 is 15.9 Å². The number of carbonyl (C=O) groups is 1. The summed E-state index contributed by atoms with van der Waals surface area (Å²) in [6.45, 7) is 2.06. The van der Waals surface area contributed by atoms with Gasteiger partial charge >= 0.3 is 5.97 Å². The van der Waals surface area contributed by atoms with Crippen LogP contribution in [0.5, 0.6) is 0 Å². The number of esters is 1. The number of carbonyl (C=O) groups excluding carboxylic acids is 1. The second-order valence-corrected chi connectivity index (χ2v) is 4.16. The average Bonchev–Trinajstić information content (AvgIpc) is 2.13. The molecule has 0 radical (unpaired) electrons. The van der Waals surface area contributed by atoms with Crippen molar-refractivity contribution >= 4 is 28.1 Å². The second-order valence-electron chi connectivity index (χ2n) is 3.36. The first kappa shape index (κ1) is 12.2. The van der Waals surface area contributed by atoms with E-state index in [4.69, 9.17) is 10.1 Å². The van der Waals surface area contributed by atoms with Crippen molar-refractivity contribution < 1.29 is 9.53 Å². The highest BCUT2D eigenvalue weighted by Gasteiger charge is 2.20. The normalized spacial score (nSPS) is 17.5. The second kappa shape index (κ2) is 5.90. The van der Waals surface area contributed by atoms with Gasteiger partial charge in [0.2, 0.25) is 0 Å². The third-order valence-electron chi connectivity index (χ3n) is 2.31. The number of hydrogen-bond acceptors (Lipinski definition) is 4. The Kier molecular flexibility index (Phi) is 4.81. The lowest BCUT2D eigenvalue weighted by Crippen LogP contribution is -2.34. The Morgan fingerprint density at radius 2 is 2.33 bits per heavy atom. The van der Waals surface area contributed by atoms with E-state index in [2.05, 4.69) is 21.2 Å². The summed E-state index contributed by atoms with van der Waals surface area (Å²) in [6, 6.07) is 0.420. The average molecular weight is 275 g/mol. The molecule has 0 aromatic rings. The van der Waals surface area contributed by atoms with Gasteiger partial charge in [-0.3, -0.25) is 0 Å². The van der Waals surface area contributed by atoms with Crippen LogP contribution in [0.4, 0.5) is 0 Å². The molecule has 0 amide bonds. The highest BCUT2D eigenvalue weighted by atomic mass is 79.9. The van der Waals surface area contributed by atoms with Crippen molar-refractivity contribution in [2.24, 2.45) is 0 Å². The van der Waals surface area contributed by atoms with Crippen LogP contribution < -0.4 is 5.32 Å². The first-order valence-electron chi connectivity index (χ1n) is 5.03. The lowest BCUT2D eigenvalue weighted by atomic mass is 9.93. The molecule has 1 fully saturated rings. The quantitative estimate of drug-likeness (QED) is 0.349. The largest absolute Gasteiger partial charge is 0.462 e. The minimum absolute atomic E-state index is 0.240. The van der Waals surface area contributed by atoms with Gasteiger partial charge in [-0.25, -0.2) is 4.79 Å². The summed E-state index contributed by atoms with van der Waals surface area (Å²) in [5, 5.41) is 10.3. The zero-order valence-electron chi connectivity index (χ0n) is 8.68. The summed E-state index contributed by atoms with van der Waals surface area (Å²) in [5.74, 6) is -0.466. The molecule has 1 rings (SSSR count). The molecule has 0 aliphatic heterocycles. The Balaban J connectivity index is 2.62. The van der Waals surface area contributed by atoms with Crippen molar-refractivity contribution in [2.75, 3.05) is 6.61 Å². The van der Waals surface area contributed by atoms with E-state index in [0.29, 0.717) is 17.3 Å². The Labute approximate surface area is 97.7 Å². The minimum atomic E-state index is -0.466. The molecule has 0 aromatic carbocycles. The molecule has 5 heteroatoms. The van der Waals surface area contributed by atoms with Gasteiger partial charge in [-0.15, -0.1) is 0 Å². The molecular weight excluding hydrogens is 260 g/mol. The molecule has 4 nitrogen and oxygen atoms in total. The van der Waals surface area contributed by atoms with E-state index in [1.54, 1.807) is 6.92 Å². The fourth-order valence-corrected chi connectivity index (χ4v) is 1.83.